The third-order valence-electron chi connectivity index (χ3n) is 2.27. The molecule has 0 atom stereocenters. The molecule has 1 aromatic carbocycles. The second-order valence-electron chi connectivity index (χ2n) is 4.16. The van der Waals surface area contributed by atoms with Gasteiger partial charge in [-0.3, -0.25) is 0 Å². The third-order valence-corrected chi connectivity index (χ3v) is 2.41. The van der Waals surface area contributed by atoms with Crippen LogP contribution < -0.4 is 10.5 Å². The highest BCUT2D eigenvalue weighted by molar-refractivity contribution is 7.80. The Morgan fingerprint density at radius 1 is 1.15 bits per heavy atom. The van der Waals surface area contributed by atoms with Crippen molar-refractivity contribution in [2.24, 2.45) is 5.73 Å². The number of hydrogen-bond donors (Lipinski definition) is 1. The molecule has 3 nitrogen and oxygen atoms in total. The first kappa shape index (κ1) is 16.7. The molecule has 1 aromatic rings. The van der Waals surface area contributed by atoms with Crippen molar-refractivity contribution in [1.82, 2.24) is 0 Å². The van der Waals surface area contributed by atoms with E-state index < -0.39 is 12.8 Å². The van der Waals surface area contributed by atoms with E-state index in [9.17, 15) is 13.2 Å². The van der Waals surface area contributed by atoms with Crippen LogP contribution >= 0.6 is 12.2 Å². The van der Waals surface area contributed by atoms with Crippen LogP contribution in [-0.2, 0) is 11.2 Å². The van der Waals surface area contributed by atoms with Crippen molar-refractivity contribution < 1.29 is 22.6 Å². The van der Waals surface area contributed by atoms with Gasteiger partial charge in [-0.1, -0.05) is 24.4 Å². The number of hydrogen-bond acceptors (Lipinski definition) is 3. The van der Waals surface area contributed by atoms with Crippen LogP contribution in [0.15, 0.2) is 24.3 Å². The molecule has 0 fully saturated rings. The predicted molar refractivity (Wildman–Crippen MR) is 73.9 cm³/mol. The summed E-state index contributed by atoms with van der Waals surface area (Å²) in [7, 11) is 0. The molecule has 0 aromatic heterocycles. The lowest BCUT2D eigenvalue weighted by Crippen LogP contribution is -2.18. The van der Waals surface area contributed by atoms with Gasteiger partial charge in [0, 0.05) is 12.8 Å². The van der Waals surface area contributed by atoms with Gasteiger partial charge < -0.3 is 15.2 Å². The normalized spacial score (nSPS) is 11.3. The maximum Gasteiger partial charge on any atom is 0.411 e. The van der Waals surface area contributed by atoms with E-state index >= 15 is 0 Å². The molecule has 0 aliphatic rings. The summed E-state index contributed by atoms with van der Waals surface area (Å²) in [6.45, 7) is -0.910. The van der Waals surface area contributed by atoms with Gasteiger partial charge in [0.25, 0.3) is 0 Å². The summed E-state index contributed by atoms with van der Waals surface area (Å²) < 4.78 is 45.2. The fraction of sp³-hybridized carbons (Fsp3) is 0.462. The summed E-state index contributed by atoms with van der Waals surface area (Å²) in [5.74, 6) is 0.646. The predicted octanol–water partition coefficient (Wildman–Crippen LogP) is 2.86. The second kappa shape index (κ2) is 8.06. The molecule has 20 heavy (non-hydrogen) atoms. The van der Waals surface area contributed by atoms with Gasteiger partial charge in [-0.05, 0) is 17.7 Å². The smallest absolute Gasteiger partial charge is 0.411 e. The zero-order chi connectivity index (χ0) is 15.0. The zero-order valence-corrected chi connectivity index (χ0v) is 11.6. The molecule has 0 saturated heterocycles. The Kier molecular flexibility index (Phi) is 6.74. The quantitative estimate of drug-likeness (QED) is 0.592. The standard InChI is InChI=1S/C13H16F3NO2S/c14-13(15,16)9-18-6-1-7-19-11-4-2-10(3-5-11)8-12(17)20/h2-5H,1,6-9H2,(H2,17,20). The number of nitrogens with two attached hydrogens (primary N) is 1. The van der Waals surface area contributed by atoms with Gasteiger partial charge in [-0.2, -0.15) is 13.2 Å². The molecule has 0 heterocycles. The Morgan fingerprint density at radius 2 is 1.80 bits per heavy atom. The van der Waals surface area contributed by atoms with Gasteiger partial charge in [0.1, 0.15) is 12.4 Å². The SMILES string of the molecule is NC(=S)Cc1ccc(OCCCOCC(F)(F)F)cc1. The molecule has 1 rings (SSSR count). The van der Waals surface area contributed by atoms with Gasteiger partial charge in [0.05, 0.1) is 18.2 Å². The first-order valence-corrected chi connectivity index (χ1v) is 6.42. The van der Waals surface area contributed by atoms with Crippen LogP contribution in [0.4, 0.5) is 13.2 Å². The fourth-order valence-electron chi connectivity index (χ4n) is 1.44. The number of alkyl halides is 3. The molecule has 7 heteroatoms. The number of ether oxygens (including phenoxy) is 2. The van der Waals surface area contributed by atoms with E-state index in [4.69, 9.17) is 22.7 Å². The highest BCUT2D eigenvalue weighted by atomic mass is 32.1. The minimum atomic E-state index is -4.28. The van der Waals surface area contributed by atoms with E-state index in [1.54, 1.807) is 12.1 Å². The van der Waals surface area contributed by atoms with Crippen molar-refractivity contribution in [2.45, 2.75) is 19.0 Å². The minimum absolute atomic E-state index is 0.0129. The first-order valence-electron chi connectivity index (χ1n) is 6.01. The topological polar surface area (TPSA) is 44.5 Å². The molecule has 0 bridgehead atoms. The minimum Gasteiger partial charge on any atom is -0.494 e. The highest BCUT2D eigenvalue weighted by Gasteiger charge is 2.27. The Balaban J connectivity index is 2.17. The summed E-state index contributed by atoms with van der Waals surface area (Å²) in [6.07, 6.45) is -3.36. The van der Waals surface area contributed by atoms with Gasteiger partial charge in [0.15, 0.2) is 0 Å². The van der Waals surface area contributed by atoms with Crippen LogP contribution in [-0.4, -0.2) is 31.0 Å². The fourth-order valence-corrected chi connectivity index (χ4v) is 1.61. The number of rotatable bonds is 8. The van der Waals surface area contributed by atoms with E-state index in [-0.39, 0.29) is 6.61 Å². The molecule has 112 valence electrons. The molecule has 2 N–H and O–H groups in total. The monoisotopic (exact) mass is 307 g/mol. The Morgan fingerprint density at radius 3 is 2.35 bits per heavy atom. The zero-order valence-electron chi connectivity index (χ0n) is 10.8. The van der Waals surface area contributed by atoms with Crippen LogP contribution in [0.25, 0.3) is 0 Å². The van der Waals surface area contributed by atoms with E-state index in [0.717, 1.165) is 5.56 Å². The summed E-state index contributed by atoms with van der Waals surface area (Å²) in [4.78, 5) is 0.417. The summed E-state index contributed by atoms with van der Waals surface area (Å²) in [5.41, 5.74) is 6.41. The van der Waals surface area contributed by atoms with Gasteiger partial charge in [-0.25, -0.2) is 0 Å². The van der Waals surface area contributed by atoms with E-state index in [1.807, 2.05) is 12.1 Å². The molecule has 0 spiro atoms. The van der Waals surface area contributed by atoms with Gasteiger partial charge >= 0.3 is 6.18 Å². The Labute approximate surface area is 120 Å². The van der Waals surface area contributed by atoms with E-state index in [2.05, 4.69) is 4.74 Å². The largest absolute Gasteiger partial charge is 0.494 e. The average molecular weight is 307 g/mol. The van der Waals surface area contributed by atoms with Crippen LogP contribution in [0.1, 0.15) is 12.0 Å². The van der Waals surface area contributed by atoms with Gasteiger partial charge in [0.2, 0.25) is 0 Å². The van der Waals surface area contributed by atoms with Crippen molar-refractivity contribution in [3.8, 4) is 5.75 Å². The molecule has 0 aliphatic heterocycles. The number of thiocarbonyl (C=S) groups is 1. The molecule has 0 aliphatic carbocycles. The van der Waals surface area contributed by atoms with Crippen LogP contribution in [0.3, 0.4) is 0 Å². The molecular formula is C13H16F3NO2S. The summed E-state index contributed by atoms with van der Waals surface area (Å²) in [6, 6.07) is 7.22. The number of halogens is 3. The molecule has 0 saturated carbocycles. The lowest BCUT2D eigenvalue weighted by molar-refractivity contribution is -0.174. The third kappa shape index (κ3) is 7.96. The maximum absolute atomic E-state index is 11.8. The first-order chi connectivity index (χ1) is 9.37. The van der Waals surface area contributed by atoms with Crippen LogP contribution in [0, 0.1) is 0 Å². The molecule has 0 radical (unpaired) electrons. The lowest BCUT2D eigenvalue weighted by Gasteiger charge is -2.09. The van der Waals surface area contributed by atoms with Crippen molar-refractivity contribution >= 4 is 17.2 Å². The van der Waals surface area contributed by atoms with Crippen LogP contribution in [0.2, 0.25) is 0 Å². The highest BCUT2D eigenvalue weighted by Crippen LogP contribution is 2.15. The average Bonchev–Trinajstić information content (AvgIpc) is 2.33. The Hall–Kier alpha value is -1.34. The lowest BCUT2D eigenvalue weighted by atomic mass is 10.1. The molecule has 0 unspecified atom stereocenters. The van der Waals surface area contributed by atoms with Crippen molar-refractivity contribution in [1.29, 1.82) is 0 Å². The van der Waals surface area contributed by atoms with E-state index in [0.29, 0.717) is 30.2 Å². The summed E-state index contributed by atoms with van der Waals surface area (Å²) in [5, 5.41) is 0. The Bertz CT molecular complexity index is 421. The number of benzene rings is 1. The van der Waals surface area contributed by atoms with Crippen molar-refractivity contribution in [3.63, 3.8) is 0 Å². The molecule has 0 amide bonds. The van der Waals surface area contributed by atoms with Crippen molar-refractivity contribution in [3.05, 3.63) is 29.8 Å². The molecular weight excluding hydrogens is 291 g/mol. The summed E-state index contributed by atoms with van der Waals surface area (Å²) >= 11 is 4.80. The maximum atomic E-state index is 11.8. The van der Waals surface area contributed by atoms with Gasteiger partial charge in [-0.15, -0.1) is 0 Å². The van der Waals surface area contributed by atoms with E-state index in [1.165, 1.54) is 0 Å². The second-order valence-corrected chi connectivity index (χ2v) is 4.68. The van der Waals surface area contributed by atoms with Crippen LogP contribution in [0.5, 0.6) is 5.75 Å². The van der Waals surface area contributed by atoms with Crippen molar-refractivity contribution in [2.75, 3.05) is 19.8 Å².